The monoisotopic (exact) mass is 363 g/mol. The predicted octanol–water partition coefficient (Wildman–Crippen LogP) is 1.06. The highest BCUT2D eigenvalue weighted by molar-refractivity contribution is 7.86. The van der Waals surface area contributed by atoms with E-state index in [0.717, 1.165) is 18.6 Å². The van der Waals surface area contributed by atoms with Crippen LogP contribution in [0.1, 0.15) is 18.6 Å². The molecule has 0 atom stereocenters. The third-order valence-electron chi connectivity index (χ3n) is 4.27. The zero-order valence-corrected chi connectivity index (χ0v) is 14.5. The first-order chi connectivity index (χ1) is 11.1. The van der Waals surface area contributed by atoms with Crippen LogP contribution in [-0.4, -0.2) is 62.5 Å². The lowest BCUT2D eigenvalue weighted by Gasteiger charge is -2.36. The molecule has 1 aromatic heterocycles. The van der Waals surface area contributed by atoms with Crippen molar-refractivity contribution in [3.63, 3.8) is 0 Å². The number of piperidine rings is 1. The summed E-state index contributed by atoms with van der Waals surface area (Å²) < 4.78 is 38.8. The summed E-state index contributed by atoms with van der Waals surface area (Å²) in [5.41, 5.74) is 0. The molecule has 0 amide bonds. The molecule has 0 aliphatic carbocycles. The van der Waals surface area contributed by atoms with E-state index >= 15 is 0 Å². The number of halogens is 1. The summed E-state index contributed by atoms with van der Waals surface area (Å²) in [5.74, 6) is 0.790. The molecule has 2 aliphatic rings. The predicted molar refractivity (Wildman–Crippen MR) is 86.5 cm³/mol. The number of hydrogen-bond acceptors (Lipinski definition) is 5. The van der Waals surface area contributed by atoms with E-state index in [-0.39, 0.29) is 6.04 Å². The molecule has 7 nitrogen and oxygen atoms in total. The highest BCUT2D eigenvalue weighted by atomic mass is 35.5. The molecule has 0 unspecified atom stereocenters. The molecule has 9 heteroatoms. The first-order valence-corrected chi connectivity index (χ1v) is 9.64. The first-order valence-electron chi connectivity index (χ1n) is 7.86. The van der Waals surface area contributed by atoms with Gasteiger partial charge in [0.25, 0.3) is 10.2 Å². The summed E-state index contributed by atoms with van der Waals surface area (Å²) in [5, 5.41) is 3.78. The fourth-order valence-electron chi connectivity index (χ4n) is 2.92. The van der Waals surface area contributed by atoms with Gasteiger partial charge in [0.1, 0.15) is 5.76 Å². The number of morpholine rings is 1. The van der Waals surface area contributed by atoms with Crippen LogP contribution in [0.15, 0.2) is 16.5 Å². The summed E-state index contributed by atoms with van der Waals surface area (Å²) >= 11 is 5.74. The maximum absolute atomic E-state index is 12.6. The number of furan rings is 1. The topological polar surface area (TPSA) is 75.0 Å². The summed E-state index contributed by atoms with van der Waals surface area (Å²) in [6.45, 7) is 3.52. The average Bonchev–Trinajstić information content (AvgIpc) is 3.00. The van der Waals surface area contributed by atoms with Gasteiger partial charge in [-0.3, -0.25) is 0 Å². The van der Waals surface area contributed by atoms with Crippen molar-refractivity contribution in [2.45, 2.75) is 25.4 Å². The van der Waals surface area contributed by atoms with Gasteiger partial charge in [0.2, 0.25) is 0 Å². The highest BCUT2D eigenvalue weighted by Crippen LogP contribution is 2.19. The van der Waals surface area contributed by atoms with E-state index in [0.29, 0.717) is 51.2 Å². The smallest absolute Gasteiger partial charge is 0.282 e. The van der Waals surface area contributed by atoms with Crippen molar-refractivity contribution in [2.24, 2.45) is 0 Å². The van der Waals surface area contributed by atoms with E-state index in [1.165, 1.54) is 4.31 Å². The largest absolute Gasteiger partial charge is 0.448 e. The first kappa shape index (κ1) is 17.2. The van der Waals surface area contributed by atoms with Crippen molar-refractivity contribution in [2.75, 3.05) is 39.4 Å². The zero-order valence-electron chi connectivity index (χ0n) is 12.9. The Morgan fingerprint density at radius 2 is 1.78 bits per heavy atom. The van der Waals surface area contributed by atoms with Gasteiger partial charge in [-0.05, 0) is 36.6 Å². The average molecular weight is 364 g/mol. The highest BCUT2D eigenvalue weighted by Gasteiger charge is 2.33. The lowest BCUT2D eigenvalue weighted by molar-refractivity contribution is 0.0695. The van der Waals surface area contributed by atoms with Gasteiger partial charge in [-0.2, -0.15) is 17.0 Å². The van der Waals surface area contributed by atoms with Gasteiger partial charge in [-0.15, -0.1) is 0 Å². The second kappa shape index (κ2) is 7.50. The Kier molecular flexibility index (Phi) is 5.61. The van der Waals surface area contributed by atoms with Gasteiger partial charge in [0.05, 0.1) is 19.8 Å². The molecular weight excluding hydrogens is 342 g/mol. The lowest BCUT2D eigenvalue weighted by atomic mass is 10.1. The molecular formula is C14H22ClN3O4S. The van der Waals surface area contributed by atoms with E-state index < -0.39 is 10.2 Å². The summed E-state index contributed by atoms with van der Waals surface area (Å²) in [7, 11) is -3.35. The molecule has 0 aromatic carbocycles. The van der Waals surface area contributed by atoms with Gasteiger partial charge in [0, 0.05) is 32.2 Å². The minimum absolute atomic E-state index is 0.287. The summed E-state index contributed by atoms with van der Waals surface area (Å²) in [4.78, 5) is 0. The van der Waals surface area contributed by atoms with Crippen LogP contribution in [0.2, 0.25) is 5.22 Å². The van der Waals surface area contributed by atoms with Crippen LogP contribution in [0.5, 0.6) is 0 Å². The van der Waals surface area contributed by atoms with Gasteiger partial charge >= 0.3 is 0 Å². The molecule has 2 aliphatic heterocycles. The molecule has 3 rings (SSSR count). The Bertz CT molecular complexity index is 607. The van der Waals surface area contributed by atoms with E-state index in [2.05, 4.69) is 5.32 Å². The molecule has 0 saturated carbocycles. The maximum Gasteiger partial charge on any atom is 0.282 e. The Morgan fingerprint density at radius 1 is 1.13 bits per heavy atom. The SMILES string of the molecule is O=S(=O)(N1CCOCC1)N1CCC(NCc2ccc(Cl)o2)CC1. The number of hydrogen-bond donors (Lipinski definition) is 1. The number of nitrogens with zero attached hydrogens (tertiary/aromatic N) is 2. The Hall–Kier alpha value is -0.640. The molecule has 3 heterocycles. The summed E-state index contributed by atoms with van der Waals surface area (Å²) in [6, 6.07) is 3.85. The van der Waals surface area contributed by atoms with Crippen molar-refractivity contribution >= 4 is 21.8 Å². The molecule has 2 fully saturated rings. The van der Waals surface area contributed by atoms with Crippen molar-refractivity contribution in [3.05, 3.63) is 23.1 Å². The van der Waals surface area contributed by atoms with Gasteiger partial charge in [-0.25, -0.2) is 0 Å². The van der Waals surface area contributed by atoms with Crippen LogP contribution in [-0.2, 0) is 21.5 Å². The van der Waals surface area contributed by atoms with Crippen LogP contribution in [0.3, 0.4) is 0 Å². The molecule has 0 spiro atoms. The fraction of sp³-hybridized carbons (Fsp3) is 0.714. The molecule has 1 aromatic rings. The molecule has 0 radical (unpaired) electrons. The van der Waals surface area contributed by atoms with E-state index in [9.17, 15) is 8.42 Å². The standard InChI is InChI=1S/C14H22ClN3O4S/c15-14-2-1-13(22-14)11-16-12-3-5-17(6-4-12)23(19,20)18-7-9-21-10-8-18/h1-2,12,16H,3-11H2. The van der Waals surface area contributed by atoms with E-state index in [4.69, 9.17) is 20.8 Å². The number of rotatable bonds is 5. The zero-order chi connectivity index (χ0) is 16.3. The van der Waals surface area contributed by atoms with Crippen molar-refractivity contribution in [1.29, 1.82) is 0 Å². The Labute approximate surface area is 141 Å². The fourth-order valence-corrected chi connectivity index (χ4v) is 4.69. The van der Waals surface area contributed by atoms with E-state index in [1.54, 1.807) is 10.4 Å². The minimum Gasteiger partial charge on any atom is -0.448 e. The normalized spacial score (nSPS) is 22.5. The summed E-state index contributed by atoms with van der Waals surface area (Å²) in [6.07, 6.45) is 1.58. The molecule has 1 N–H and O–H groups in total. The minimum atomic E-state index is -3.35. The van der Waals surface area contributed by atoms with Crippen molar-refractivity contribution in [3.8, 4) is 0 Å². The lowest BCUT2D eigenvalue weighted by Crippen LogP contribution is -2.52. The third-order valence-corrected chi connectivity index (χ3v) is 6.51. The van der Waals surface area contributed by atoms with Crippen LogP contribution in [0.25, 0.3) is 0 Å². The molecule has 2 saturated heterocycles. The van der Waals surface area contributed by atoms with Gasteiger partial charge in [-0.1, -0.05) is 0 Å². The van der Waals surface area contributed by atoms with Crippen molar-refractivity contribution in [1.82, 2.24) is 13.9 Å². The Morgan fingerprint density at radius 3 is 2.39 bits per heavy atom. The van der Waals surface area contributed by atoms with Crippen LogP contribution < -0.4 is 5.32 Å². The van der Waals surface area contributed by atoms with E-state index in [1.807, 2.05) is 6.07 Å². The molecule has 0 bridgehead atoms. The molecule has 23 heavy (non-hydrogen) atoms. The van der Waals surface area contributed by atoms with Crippen LogP contribution in [0, 0.1) is 0 Å². The Balaban J connectivity index is 1.47. The van der Waals surface area contributed by atoms with Gasteiger partial charge < -0.3 is 14.5 Å². The molecule has 130 valence electrons. The number of ether oxygens (including phenoxy) is 1. The third kappa shape index (κ3) is 4.26. The van der Waals surface area contributed by atoms with Crippen LogP contribution >= 0.6 is 11.6 Å². The van der Waals surface area contributed by atoms with Crippen LogP contribution in [0.4, 0.5) is 0 Å². The maximum atomic E-state index is 12.6. The quantitative estimate of drug-likeness (QED) is 0.846. The number of nitrogens with one attached hydrogen (secondary N) is 1. The second-order valence-corrected chi connectivity index (χ2v) is 8.08. The second-order valence-electron chi connectivity index (χ2n) is 5.78. The van der Waals surface area contributed by atoms with Gasteiger partial charge in [0.15, 0.2) is 5.22 Å². The van der Waals surface area contributed by atoms with Crippen molar-refractivity contribution < 1.29 is 17.6 Å².